The summed E-state index contributed by atoms with van der Waals surface area (Å²) in [4.78, 5) is 6.20. The second kappa shape index (κ2) is 5.57. The molecular weight excluding hydrogens is 244 g/mol. The van der Waals surface area contributed by atoms with Crippen LogP contribution in [0, 0.1) is 0 Å². The molecule has 0 aliphatic carbocycles. The predicted molar refractivity (Wildman–Crippen MR) is 84.2 cm³/mol. The Morgan fingerprint density at radius 2 is 1.20 bits per heavy atom. The molecule has 0 atom stereocenters. The average molecular weight is 260 g/mol. The lowest BCUT2D eigenvalue weighted by molar-refractivity contribution is 1.19. The Morgan fingerprint density at radius 1 is 0.650 bits per heavy atom. The van der Waals surface area contributed by atoms with Gasteiger partial charge >= 0.3 is 0 Å². The number of anilines is 2. The van der Waals surface area contributed by atoms with Crippen molar-refractivity contribution in [2.75, 3.05) is 11.9 Å². The predicted octanol–water partition coefficient (Wildman–Crippen LogP) is 4.52. The van der Waals surface area contributed by atoms with Crippen LogP contribution < -0.4 is 4.90 Å². The molecule has 0 radical (unpaired) electrons. The van der Waals surface area contributed by atoms with E-state index in [0.717, 1.165) is 11.4 Å². The SMILES string of the molecule is CN(c1ccncc1)c1ccc(-c2ccccc2)cc1. The Bertz CT molecular complexity index is 661. The van der Waals surface area contributed by atoms with Gasteiger partial charge in [0.1, 0.15) is 0 Å². The lowest BCUT2D eigenvalue weighted by Gasteiger charge is -2.19. The zero-order chi connectivity index (χ0) is 13.8. The maximum absolute atomic E-state index is 4.05. The molecule has 0 fully saturated rings. The molecule has 0 saturated heterocycles. The van der Waals surface area contributed by atoms with Gasteiger partial charge in [0.15, 0.2) is 0 Å². The van der Waals surface area contributed by atoms with Crippen molar-refractivity contribution in [3.05, 3.63) is 79.1 Å². The van der Waals surface area contributed by atoms with Crippen LogP contribution in [0.2, 0.25) is 0 Å². The Hall–Kier alpha value is -2.61. The molecule has 0 N–H and O–H groups in total. The third kappa shape index (κ3) is 2.54. The van der Waals surface area contributed by atoms with Gasteiger partial charge in [0, 0.05) is 30.8 Å². The van der Waals surface area contributed by atoms with Crippen LogP contribution in [-0.4, -0.2) is 12.0 Å². The van der Waals surface area contributed by atoms with Crippen molar-refractivity contribution >= 4 is 11.4 Å². The minimum absolute atomic E-state index is 1.13. The molecule has 20 heavy (non-hydrogen) atoms. The van der Waals surface area contributed by atoms with E-state index < -0.39 is 0 Å². The third-order valence-corrected chi connectivity index (χ3v) is 3.41. The zero-order valence-corrected chi connectivity index (χ0v) is 11.4. The monoisotopic (exact) mass is 260 g/mol. The molecule has 0 unspecified atom stereocenters. The molecule has 0 aliphatic heterocycles. The van der Waals surface area contributed by atoms with Crippen LogP contribution in [0.25, 0.3) is 11.1 Å². The Kier molecular flexibility index (Phi) is 3.46. The van der Waals surface area contributed by atoms with Crippen LogP contribution in [0.15, 0.2) is 79.1 Å². The second-order valence-electron chi connectivity index (χ2n) is 4.68. The highest BCUT2D eigenvalue weighted by Crippen LogP contribution is 2.26. The standard InChI is InChI=1S/C18H16N2/c1-20(18-11-13-19-14-12-18)17-9-7-16(8-10-17)15-5-3-2-4-6-15/h2-14H,1H3. The van der Waals surface area contributed by atoms with Gasteiger partial charge in [0.25, 0.3) is 0 Å². The normalized spacial score (nSPS) is 10.2. The molecule has 2 aromatic carbocycles. The summed E-state index contributed by atoms with van der Waals surface area (Å²) in [6.07, 6.45) is 3.62. The van der Waals surface area contributed by atoms with Crippen molar-refractivity contribution in [2.24, 2.45) is 0 Å². The van der Waals surface area contributed by atoms with E-state index in [4.69, 9.17) is 0 Å². The molecule has 0 aliphatic rings. The number of aromatic nitrogens is 1. The quantitative estimate of drug-likeness (QED) is 0.688. The molecule has 3 aromatic rings. The topological polar surface area (TPSA) is 16.1 Å². The minimum atomic E-state index is 1.13. The fraction of sp³-hybridized carbons (Fsp3) is 0.0556. The van der Waals surface area contributed by atoms with Gasteiger partial charge in [-0.2, -0.15) is 0 Å². The maximum Gasteiger partial charge on any atom is 0.0438 e. The molecule has 0 saturated carbocycles. The van der Waals surface area contributed by atoms with Gasteiger partial charge < -0.3 is 4.90 Å². The fourth-order valence-corrected chi connectivity index (χ4v) is 2.22. The van der Waals surface area contributed by atoms with E-state index in [1.807, 2.05) is 30.6 Å². The minimum Gasteiger partial charge on any atom is -0.345 e. The number of benzene rings is 2. The highest BCUT2D eigenvalue weighted by atomic mass is 15.1. The van der Waals surface area contributed by atoms with Crippen molar-refractivity contribution in [2.45, 2.75) is 0 Å². The summed E-state index contributed by atoms with van der Waals surface area (Å²) in [6.45, 7) is 0. The summed E-state index contributed by atoms with van der Waals surface area (Å²) < 4.78 is 0. The first-order chi connectivity index (χ1) is 9.84. The van der Waals surface area contributed by atoms with E-state index in [1.54, 1.807) is 0 Å². The molecule has 98 valence electrons. The van der Waals surface area contributed by atoms with E-state index >= 15 is 0 Å². The molecule has 2 heteroatoms. The lowest BCUT2D eigenvalue weighted by atomic mass is 10.1. The largest absolute Gasteiger partial charge is 0.345 e. The molecule has 0 amide bonds. The molecule has 0 spiro atoms. The summed E-state index contributed by atoms with van der Waals surface area (Å²) in [6, 6.07) is 23.0. The maximum atomic E-state index is 4.05. The molecule has 2 nitrogen and oxygen atoms in total. The van der Waals surface area contributed by atoms with Crippen LogP contribution >= 0.6 is 0 Å². The third-order valence-electron chi connectivity index (χ3n) is 3.41. The summed E-state index contributed by atoms with van der Waals surface area (Å²) in [5, 5.41) is 0. The number of rotatable bonds is 3. The molecule has 3 rings (SSSR count). The first-order valence-corrected chi connectivity index (χ1v) is 6.64. The smallest absolute Gasteiger partial charge is 0.0438 e. The van der Waals surface area contributed by atoms with Gasteiger partial charge in [-0.25, -0.2) is 0 Å². The summed E-state index contributed by atoms with van der Waals surface area (Å²) in [5.41, 5.74) is 4.77. The Labute approximate surface area is 119 Å². The molecule has 1 heterocycles. The first kappa shape index (κ1) is 12.4. The highest BCUT2D eigenvalue weighted by molar-refractivity contribution is 5.69. The van der Waals surface area contributed by atoms with Crippen LogP contribution in [-0.2, 0) is 0 Å². The Morgan fingerprint density at radius 3 is 1.85 bits per heavy atom. The Balaban J connectivity index is 1.87. The molecule has 1 aromatic heterocycles. The molecular formula is C18H16N2. The van der Waals surface area contributed by atoms with Gasteiger partial charge in [0.05, 0.1) is 0 Å². The van der Waals surface area contributed by atoms with Crippen LogP contribution in [0.3, 0.4) is 0 Å². The first-order valence-electron chi connectivity index (χ1n) is 6.64. The number of nitrogens with zero attached hydrogens (tertiary/aromatic N) is 2. The van der Waals surface area contributed by atoms with Gasteiger partial charge in [-0.1, -0.05) is 42.5 Å². The van der Waals surface area contributed by atoms with Gasteiger partial charge in [0.2, 0.25) is 0 Å². The molecule has 0 bridgehead atoms. The van der Waals surface area contributed by atoms with Crippen molar-refractivity contribution in [1.29, 1.82) is 0 Å². The average Bonchev–Trinajstić information content (AvgIpc) is 2.56. The number of hydrogen-bond acceptors (Lipinski definition) is 2. The van der Waals surface area contributed by atoms with E-state index in [0.29, 0.717) is 0 Å². The van der Waals surface area contributed by atoms with E-state index in [1.165, 1.54) is 11.1 Å². The van der Waals surface area contributed by atoms with Gasteiger partial charge in [-0.3, -0.25) is 4.98 Å². The van der Waals surface area contributed by atoms with Gasteiger partial charge in [-0.05, 0) is 35.4 Å². The van der Waals surface area contributed by atoms with Crippen molar-refractivity contribution in [3.8, 4) is 11.1 Å². The van der Waals surface area contributed by atoms with E-state index in [-0.39, 0.29) is 0 Å². The second-order valence-corrected chi connectivity index (χ2v) is 4.68. The summed E-state index contributed by atoms with van der Waals surface area (Å²) >= 11 is 0. The van der Waals surface area contributed by atoms with Crippen LogP contribution in [0.5, 0.6) is 0 Å². The van der Waals surface area contributed by atoms with Gasteiger partial charge in [-0.15, -0.1) is 0 Å². The summed E-state index contributed by atoms with van der Waals surface area (Å²) in [7, 11) is 2.06. The van der Waals surface area contributed by atoms with Crippen molar-refractivity contribution in [3.63, 3.8) is 0 Å². The summed E-state index contributed by atoms with van der Waals surface area (Å²) in [5.74, 6) is 0. The number of hydrogen-bond donors (Lipinski definition) is 0. The lowest BCUT2D eigenvalue weighted by Crippen LogP contribution is -2.08. The van der Waals surface area contributed by atoms with E-state index in [9.17, 15) is 0 Å². The zero-order valence-electron chi connectivity index (χ0n) is 11.4. The van der Waals surface area contributed by atoms with E-state index in [2.05, 4.69) is 65.5 Å². The van der Waals surface area contributed by atoms with Crippen molar-refractivity contribution in [1.82, 2.24) is 4.98 Å². The van der Waals surface area contributed by atoms with Crippen LogP contribution in [0.1, 0.15) is 0 Å². The van der Waals surface area contributed by atoms with Crippen LogP contribution in [0.4, 0.5) is 11.4 Å². The fourth-order valence-electron chi connectivity index (χ4n) is 2.22. The number of pyridine rings is 1. The van der Waals surface area contributed by atoms with Crippen molar-refractivity contribution < 1.29 is 0 Å². The highest BCUT2D eigenvalue weighted by Gasteiger charge is 2.03.